The van der Waals surface area contributed by atoms with Gasteiger partial charge in [-0.3, -0.25) is 4.79 Å². The van der Waals surface area contributed by atoms with Gasteiger partial charge in [-0.05, 0) is 56.7 Å². The van der Waals surface area contributed by atoms with Crippen LogP contribution >= 0.6 is 0 Å². The second-order valence-corrected chi connectivity index (χ2v) is 7.77. The predicted molar refractivity (Wildman–Crippen MR) is 96.8 cm³/mol. The van der Waals surface area contributed by atoms with Crippen molar-refractivity contribution in [2.45, 2.75) is 63.0 Å². The fourth-order valence-electron chi connectivity index (χ4n) is 4.02. The first-order valence-corrected chi connectivity index (χ1v) is 9.61. The van der Waals surface area contributed by atoms with E-state index in [1.165, 1.54) is 25.3 Å². The van der Waals surface area contributed by atoms with Crippen molar-refractivity contribution in [2.24, 2.45) is 5.92 Å². The minimum atomic E-state index is -2.49. The number of carbonyl (C=O) groups is 1. The fraction of sp³-hybridized carbons (Fsp3) is 0.650. The zero-order chi connectivity index (χ0) is 19.4. The molecule has 2 saturated carbocycles. The Kier molecular flexibility index (Phi) is 6.29. The molecule has 0 aliphatic heterocycles. The Labute approximate surface area is 157 Å². The van der Waals surface area contributed by atoms with Crippen LogP contribution < -0.4 is 15.4 Å². The van der Waals surface area contributed by atoms with E-state index in [1.807, 2.05) is 0 Å². The van der Waals surface area contributed by atoms with Crippen LogP contribution in [0.25, 0.3) is 0 Å². The highest BCUT2D eigenvalue weighted by atomic mass is 19.3. The Bertz CT molecular complexity index is 659. The fourth-order valence-corrected chi connectivity index (χ4v) is 4.02. The summed E-state index contributed by atoms with van der Waals surface area (Å²) in [5.74, 6) is -2.70. The molecule has 0 saturated heterocycles. The number of rotatable bonds is 6. The van der Waals surface area contributed by atoms with Gasteiger partial charge in [0.1, 0.15) is 11.6 Å². The van der Waals surface area contributed by atoms with Gasteiger partial charge in [-0.25, -0.2) is 13.2 Å². The molecule has 0 spiro atoms. The molecule has 0 unspecified atom stereocenters. The molecule has 2 fully saturated rings. The van der Waals surface area contributed by atoms with Crippen LogP contribution in [0.2, 0.25) is 0 Å². The number of hydrogen-bond donors (Lipinski definition) is 2. The van der Waals surface area contributed by atoms with E-state index in [-0.39, 0.29) is 36.4 Å². The normalized spacial score (nSPS) is 25.3. The molecular weight excluding hydrogens is 357 g/mol. The molecule has 2 aliphatic carbocycles. The number of hydrogen-bond acceptors (Lipinski definition) is 3. The molecule has 0 bridgehead atoms. The van der Waals surface area contributed by atoms with Crippen LogP contribution in [0.3, 0.4) is 0 Å². The van der Waals surface area contributed by atoms with Gasteiger partial charge in [0, 0.05) is 36.6 Å². The van der Waals surface area contributed by atoms with Crippen molar-refractivity contribution in [3.05, 3.63) is 29.6 Å². The minimum absolute atomic E-state index is 0.0141. The average Bonchev–Trinajstić information content (AvgIpc) is 3.07. The molecule has 150 valence electrons. The summed E-state index contributed by atoms with van der Waals surface area (Å²) < 4.78 is 45.0. The van der Waals surface area contributed by atoms with Crippen molar-refractivity contribution in [3.8, 4) is 5.75 Å². The summed E-state index contributed by atoms with van der Waals surface area (Å²) in [6.07, 6.45) is 3.67. The van der Waals surface area contributed by atoms with E-state index in [0.29, 0.717) is 24.5 Å². The number of halogens is 3. The van der Waals surface area contributed by atoms with Crippen LogP contribution in [0, 0.1) is 11.7 Å². The molecule has 1 aromatic rings. The van der Waals surface area contributed by atoms with Crippen LogP contribution in [0.15, 0.2) is 18.2 Å². The number of ether oxygens (including phenoxy) is 1. The van der Waals surface area contributed by atoms with Crippen molar-refractivity contribution in [2.75, 3.05) is 13.7 Å². The maximum absolute atomic E-state index is 13.6. The molecule has 27 heavy (non-hydrogen) atoms. The van der Waals surface area contributed by atoms with Crippen LogP contribution in [0.4, 0.5) is 13.2 Å². The number of carbonyl (C=O) groups excluding carboxylic acids is 1. The van der Waals surface area contributed by atoms with Gasteiger partial charge in [0.25, 0.3) is 5.91 Å². The first kappa shape index (κ1) is 20.0. The number of methoxy groups -OCH3 is 1. The smallest absolute Gasteiger partial charge is 0.251 e. The van der Waals surface area contributed by atoms with Crippen LogP contribution in [-0.4, -0.2) is 37.6 Å². The number of nitrogens with one attached hydrogen (secondary N) is 2. The molecule has 2 aliphatic rings. The molecule has 0 heterocycles. The van der Waals surface area contributed by atoms with E-state index in [0.717, 1.165) is 25.8 Å². The Balaban J connectivity index is 1.43. The summed E-state index contributed by atoms with van der Waals surface area (Å²) in [7, 11) is 1.43. The van der Waals surface area contributed by atoms with Gasteiger partial charge in [-0.2, -0.15) is 0 Å². The monoisotopic (exact) mass is 384 g/mol. The highest BCUT2D eigenvalue weighted by Crippen LogP contribution is 2.36. The van der Waals surface area contributed by atoms with E-state index >= 15 is 0 Å². The van der Waals surface area contributed by atoms with E-state index in [2.05, 4.69) is 10.6 Å². The molecule has 1 amide bonds. The van der Waals surface area contributed by atoms with Gasteiger partial charge in [0.2, 0.25) is 5.92 Å². The lowest BCUT2D eigenvalue weighted by atomic mass is 9.86. The Morgan fingerprint density at radius 2 is 1.85 bits per heavy atom. The average molecular weight is 384 g/mol. The summed E-state index contributed by atoms with van der Waals surface area (Å²) >= 11 is 0. The first-order valence-electron chi connectivity index (χ1n) is 9.61. The van der Waals surface area contributed by atoms with Crippen LogP contribution in [-0.2, 0) is 0 Å². The van der Waals surface area contributed by atoms with Crippen molar-refractivity contribution in [1.82, 2.24) is 10.6 Å². The third-order valence-corrected chi connectivity index (χ3v) is 5.67. The third kappa shape index (κ3) is 5.61. The quantitative estimate of drug-likeness (QED) is 0.782. The summed E-state index contributed by atoms with van der Waals surface area (Å²) in [4.78, 5) is 12.4. The predicted octanol–water partition coefficient (Wildman–Crippen LogP) is 3.90. The van der Waals surface area contributed by atoms with Gasteiger partial charge < -0.3 is 15.4 Å². The number of benzene rings is 1. The maximum atomic E-state index is 13.6. The molecule has 3 rings (SSSR count). The summed E-state index contributed by atoms with van der Waals surface area (Å²) in [5, 5.41) is 6.42. The van der Waals surface area contributed by atoms with Gasteiger partial charge in [0.05, 0.1) is 7.11 Å². The van der Waals surface area contributed by atoms with E-state index in [1.54, 1.807) is 0 Å². The third-order valence-electron chi connectivity index (χ3n) is 5.67. The van der Waals surface area contributed by atoms with Crippen molar-refractivity contribution >= 4 is 5.91 Å². The number of amides is 1. The maximum Gasteiger partial charge on any atom is 0.251 e. The largest absolute Gasteiger partial charge is 0.497 e. The highest BCUT2D eigenvalue weighted by Gasteiger charge is 2.35. The standard InChI is InChI=1S/C20H27F3N2O2/c1-27-18-9-14(8-15(21)10-18)19(26)25-17-3-2-16(11-17)24-12-13-4-6-20(22,23)7-5-13/h8-10,13,16-17,24H,2-7,11-12H2,1H3,(H,25,26)/t16-,17-/m0/s1. The van der Waals surface area contributed by atoms with Crippen LogP contribution in [0.1, 0.15) is 55.3 Å². The summed E-state index contributed by atoms with van der Waals surface area (Å²) in [5.41, 5.74) is 0.242. The Hall–Kier alpha value is -1.76. The number of alkyl halides is 2. The summed E-state index contributed by atoms with van der Waals surface area (Å²) in [6.45, 7) is 0.752. The minimum Gasteiger partial charge on any atom is -0.497 e. The van der Waals surface area contributed by atoms with E-state index in [9.17, 15) is 18.0 Å². The zero-order valence-electron chi connectivity index (χ0n) is 15.6. The first-order chi connectivity index (χ1) is 12.8. The second kappa shape index (κ2) is 8.50. The van der Waals surface area contributed by atoms with Gasteiger partial charge >= 0.3 is 0 Å². The molecule has 0 radical (unpaired) electrons. The lowest BCUT2D eigenvalue weighted by Crippen LogP contribution is -2.37. The van der Waals surface area contributed by atoms with Crippen molar-refractivity contribution in [1.29, 1.82) is 0 Å². The second-order valence-electron chi connectivity index (χ2n) is 7.77. The summed E-state index contributed by atoms with van der Waals surface area (Å²) in [6, 6.07) is 4.25. The van der Waals surface area contributed by atoms with E-state index in [4.69, 9.17) is 4.74 Å². The molecule has 2 N–H and O–H groups in total. The topological polar surface area (TPSA) is 50.4 Å². The zero-order valence-corrected chi connectivity index (χ0v) is 15.6. The lowest BCUT2D eigenvalue weighted by Gasteiger charge is -2.29. The highest BCUT2D eigenvalue weighted by molar-refractivity contribution is 5.94. The molecule has 2 atom stereocenters. The molecular formula is C20H27F3N2O2. The molecule has 1 aromatic carbocycles. The lowest BCUT2D eigenvalue weighted by molar-refractivity contribution is -0.0456. The Morgan fingerprint density at radius 3 is 2.56 bits per heavy atom. The molecule has 7 heteroatoms. The van der Waals surface area contributed by atoms with Crippen molar-refractivity contribution in [3.63, 3.8) is 0 Å². The Morgan fingerprint density at radius 1 is 1.15 bits per heavy atom. The van der Waals surface area contributed by atoms with Crippen molar-refractivity contribution < 1.29 is 22.7 Å². The molecule has 4 nitrogen and oxygen atoms in total. The van der Waals surface area contributed by atoms with E-state index < -0.39 is 11.7 Å². The molecule has 0 aromatic heterocycles. The van der Waals surface area contributed by atoms with Gasteiger partial charge in [-0.1, -0.05) is 0 Å². The van der Waals surface area contributed by atoms with Gasteiger partial charge in [-0.15, -0.1) is 0 Å². The SMILES string of the molecule is COc1cc(F)cc(C(=O)N[C@H]2CC[C@H](NCC3CCC(F)(F)CC3)C2)c1. The van der Waals surface area contributed by atoms with Crippen LogP contribution in [0.5, 0.6) is 5.75 Å². The van der Waals surface area contributed by atoms with Gasteiger partial charge in [0.15, 0.2) is 0 Å².